The second-order valence-corrected chi connectivity index (χ2v) is 6.23. The van der Waals surface area contributed by atoms with E-state index < -0.39 is 7.60 Å². The number of rotatable bonds is 7. The third kappa shape index (κ3) is 4.45. The van der Waals surface area contributed by atoms with Gasteiger partial charge < -0.3 is 14.2 Å². The second kappa shape index (κ2) is 6.93. The van der Waals surface area contributed by atoms with E-state index in [1.165, 1.54) is 0 Å². The summed E-state index contributed by atoms with van der Waals surface area (Å²) in [6, 6.07) is 6.95. The average molecular weight is 272 g/mol. The van der Waals surface area contributed by atoms with E-state index in [1.54, 1.807) is 32.0 Å². The van der Waals surface area contributed by atoms with Gasteiger partial charge in [0.05, 0.1) is 19.4 Å². The van der Waals surface area contributed by atoms with Crippen LogP contribution in [0, 0.1) is 0 Å². The first-order chi connectivity index (χ1) is 8.50. The standard InChI is InChI=1S/C13H21O4P/c1-4-16-18(15,17-5-2)10-11(3)12-7-6-8-13(14)9-12/h6-9,11,14H,4-5,10H2,1-3H3/t11-/m1/s1. The summed E-state index contributed by atoms with van der Waals surface area (Å²) in [5, 5.41) is 9.44. The van der Waals surface area contributed by atoms with Gasteiger partial charge in [-0.25, -0.2) is 0 Å². The number of hydrogen-bond donors (Lipinski definition) is 1. The zero-order valence-corrected chi connectivity index (χ0v) is 12.0. The molecule has 0 aromatic heterocycles. The van der Waals surface area contributed by atoms with Crippen molar-refractivity contribution in [2.75, 3.05) is 19.4 Å². The van der Waals surface area contributed by atoms with Gasteiger partial charge in [0.1, 0.15) is 5.75 Å². The summed E-state index contributed by atoms with van der Waals surface area (Å²) in [5.74, 6) is 0.211. The van der Waals surface area contributed by atoms with E-state index in [-0.39, 0.29) is 11.7 Å². The summed E-state index contributed by atoms with van der Waals surface area (Å²) < 4.78 is 22.9. The Morgan fingerprint density at radius 1 is 1.28 bits per heavy atom. The second-order valence-electron chi connectivity index (χ2n) is 4.13. The Balaban J connectivity index is 2.78. The first-order valence-corrected chi connectivity index (χ1v) is 7.90. The van der Waals surface area contributed by atoms with Crippen LogP contribution >= 0.6 is 7.60 Å². The minimum absolute atomic E-state index is 0.000957. The fourth-order valence-corrected chi connectivity index (χ4v) is 3.76. The molecule has 4 nitrogen and oxygen atoms in total. The summed E-state index contributed by atoms with van der Waals surface area (Å²) in [6.07, 6.45) is 0.318. The molecule has 0 fully saturated rings. The van der Waals surface area contributed by atoms with Crippen LogP contribution in [0.15, 0.2) is 24.3 Å². The highest BCUT2D eigenvalue weighted by Gasteiger charge is 2.27. The molecule has 0 aliphatic carbocycles. The molecule has 0 bridgehead atoms. The van der Waals surface area contributed by atoms with Crippen molar-refractivity contribution >= 4 is 7.60 Å². The highest BCUT2D eigenvalue weighted by molar-refractivity contribution is 7.53. The first kappa shape index (κ1) is 15.2. The quantitative estimate of drug-likeness (QED) is 0.768. The van der Waals surface area contributed by atoms with Gasteiger partial charge in [0.25, 0.3) is 0 Å². The highest BCUT2D eigenvalue weighted by Crippen LogP contribution is 2.51. The summed E-state index contributed by atoms with van der Waals surface area (Å²) >= 11 is 0. The molecule has 0 amide bonds. The SMILES string of the molecule is CCOP(=O)(C[C@@H](C)c1cccc(O)c1)OCC. The van der Waals surface area contributed by atoms with Gasteiger partial charge in [0.15, 0.2) is 0 Å². The summed E-state index contributed by atoms with van der Waals surface area (Å²) in [7, 11) is -3.04. The Hall–Kier alpha value is -0.830. The number of phenols is 1. The molecular formula is C13H21O4P. The molecule has 0 saturated carbocycles. The lowest BCUT2D eigenvalue weighted by molar-refractivity contribution is 0.219. The molecule has 18 heavy (non-hydrogen) atoms. The Labute approximate surface area is 108 Å². The molecule has 0 aliphatic heterocycles. The maximum atomic E-state index is 12.4. The fraction of sp³-hybridized carbons (Fsp3) is 0.538. The van der Waals surface area contributed by atoms with E-state index in [1.807, 2.05) is 13.0 Å². The number of benzene rings is 1. The third-order valence-corrected chi connectivity index (χ3v) is 4.89. The van der Waals surface area contributed by atoms with Gasteiger partial charge in [-0.1, -0.05) is 19.1 Å². The van der Waals surface area contributed by atoms with Gasteiger partial charge in [0, 0.05) is 0 Å². The van der Waals surface area contributed by atoms with Gasteiger partial charge in [-0.3, -0.25) is 4.57 Å². The molecule has 1 atom stereocenters. The van der Waals surface area contributed by atoms with Crippen molar-refractivity contribution in [3.05, 3.63) is 29.8 Å². The van der Waals surface area contributed by atoms with Crippen molar-refractivity contribution in [3.8, 4) is 5.75 Å². The topological polar surface area (TPSA) is 55.8 Å². The van der Waals surface area contributed by atoms with E-state index in [2.05, 4.69) is 0 Å². The molecule has 1 aromatic rings. The van der Waals surface area contributed by atoms with E-state index in [0.29, 0.717) is 19.4 Å². The zero-order valence-electron chi connectivity index (χ0n) is 11.1. The summed E-state index contributed by atoms with van der Waals surface area (Å²) in [5.41, 5.74) is 0.926. The molecule has 0 heterocycles. The number of hydrogen-bond acceptors (Lipinski definition) is 4. The van der Waals surface area contributed by atoms with Crippen LogP contribution in [0.2, 0.25) is 0 Å². The fourth-order valence-electron chi connectivity index (χ4n) is 1.81. The Kier molecular flexibility index (Phi) is 5.86. The number of phenolic OH excluding ortho intramolecular Hbond substituents is 1. The predicted molar refractivity (Wildman–Crippen MR) is 72.2 cm³/mol. The zero-order chi connectivity index (χ0) is 13.6. The van der Waals surface area contributed by atoms with Crippen molar-refractivity contribution in [3.63, 3.8) is 0 Å². The van der Waals surface area contributed by atoms with Crippen LogP contribution in [0.4, 0.5) is 0 Å². The average Bonchev–Trinajstić information content (AvgIpc) is 2.29. The molecule has 0 spiro atoms. The molecule has 1 rings (SSSR count). The molecule has 0 radical (unpaired) electrons. The monoisotopic (exact) mass is 272 g/mol. The largest absolute Gasteiger partial charge is 0.508 e. The molecule has 0 unspecified atom stereocenters. The minimum Gasteiger partial charge on any atom is -0.508 e. The highest BCUT2D eigenvalue weighted by atomic mass is 31.2. The lowest BCUT2D eigenvalue weighted by Gasteiger charge is -2.21. The maximum Gasteiger partial charge on any atom is 0.331 e. The van der Waals surface area contributed by atoms with Crippen LogP contribution in [-0.2, 0) is 13.6 Å². The summed E-state index contributed by atoms with van der Waals surface area (Å²) in [4.78, 5) is 0. The smallest absolute Gasteiger partial charge is 0.331 e. The van der Waals surface area contributed by atoms with Gasteiger partial charge in [-0.15, -0.1) is 0 Å². The van der Waals surface area contributed by atoms with Crippen molar-refractivity contribution < 1.29 is 18.7 Å². The lowest BCUT2D eigenvalue weighted by Crippen LogP contribution is -2.06. The third-order valence-electron chi connectivity index (χ3n) is 2.59. The van der Waals surface area contributed by atoms with Crippen LogP contribution in [0.25, 0.3) is 0 Å². The van der Waals surface area contributed by atoms with Crippen LogP contribution in [0.5, 0.6) is 5.75 Å². The van der Waals surface area contributed by atoms with Crippen molar-refractivity contribution in [1.29, 1.82) is 0 Å². The van der Waals surface area contributed by atoms with Crippen molar-refractivity contribution in [2.24, 2.45) is 0 Å². The summed E-state index contributed by atoms with van der Waals surface area (Å²) in [6.45, 7) is 6.27. The van der Waals surface area contributed by atoms with Gasteiger partial charge in [0.2, 0.25) is 0 Å². The number of aromatic hydroxyl groups is 1. The van der Waals surface area contributed by atoms with Gasteiger partial charge in [-0.2, -0.15) is 0 Å². The van der Waals surface area contributed by atoms with E-state index in [9.17, 15) is 9.67 Å². The Morgan fingerprint density at radius 3 is 2.39 bits per heavy atom. The van der Waals surface area contributed by atoms with Crippen LogP contribution in [0.3, 0.4) is 0 Å². The van der Waals surface area contributed by atoms with E-state index in [4.69, 9.17) is 9.05 Å². The lowest BCUT2D eigenvalue weighted by atomic mass is 10.0. The van der Waals surface area contributed by atoms with Gasteiger partial charge >= 0.3 is 7.60 Å². The van der Waals surface area contributed by atoms with Crippen molar-refractivity contribution in [2.45, 2.75) is 26.7 Å². The molecule has 1 N–H and O–H groups in total. The van der Waals surface area contributed by atoms with Crippen LogP contribution in [-0.4, -0.2) is 24.5 Å². The molecule has 102 valence electrons. The van der Waals surface area contributed by atoms with E-state index >= 15 is 0 Å². The van der Waals surface area contributed by atoms with Crippen LogP contribution < -0.4 is 0 Å². The van der Waals surface area contributed by atoms with E-state index in [0.717, 1.165) is 5.56 Å². The Bertz CT molecular complexity index is 409. The molecular weight excluding hydrogens is 251 g/mol. The maximum absolute atomic E-state index is 12.4. The Morgan fingerprint density at radius 2 is 1.89 bits per heavy atom. The van der Waals surface area contributed by atoms with Crippen molar-refractivity contribution in [1.82, 2.24) is 0 Å². The molecule has 0 saturated heterocycles. The van der Waals surface area contributed by atoms with Gasteiger partial charge in [-0.05, 0) is 37.5 Å². The minimum atomic E-state index is -3.04. The normalized spacial score (nSPS) is 13.5. The van der Waals surface area contributed by atoms with Crippen LogP contribution in [0.1, 0.15) is 32.3 Å². The molecule has 0 aliphatic rings. The molecule has 5 heteroatoms. The predicted octanol–water partition coefficient (Wildman–Crippen LogP) is 3.76. The first-order valence-electron chi connectivity index (χ1n) is 6.17. The molecule has 1 aromatic carbocycles.